The van der Waals surface area contributed by atoms with Gasteiger partial charge in [0.1, 0.15) is 0 Å². The molecule has 0 aliphatic carbocycles. The third-order valence-corrected chi connectivity index (χ3v) is 4.35. The summed E-state index contributed by atoms with van der Waals surface area (Å²) in [6, 6.07) is 10.4. The lowest BCUT2D eigenvalue weighted by atomic mass is 10.2. The second-order valence-electron chi connectivity index (χ2n) is 5.08. The average molecular weight is 339 g/mol. The van der Waals surface area contributed by atoms with E-state index in [4.69, 9.17) is 5.26 Å². The van der Waals surface area contributed by atoms with E-state index in [0.717, 1.165) is 0 Å². The Balaban J connectivity index is 1.70. The van der Waals surface area contributed by atoms with Crippen molar-refractivity contribution in [2.75, 3.05) is 5.32 Å². The van der Waals surface area contributed by atoms with Gasteiger partial charge in [-0.15, -0.1) is 0 Å². The minimum Gasteiger partial charge on any atom is -0.325 e. The molecule has 0 fully saturated rings. The molecule has 1 atom stereocenters. The molecule has 2 heterocycles. The largest absolute Gasteiger partial charge is 0.325 e. The lowest BCUT2D eigenvalue weighted by Crippen LogP contribution is -2.22. The van der Waals surface area contributed by atoms with Crippen LogP contribution in [0.5, 0.6) is 0 Å². The van der Waals surface area contributed by atoms with Gasteiger partial charge in [-0.1, -0.05) is 11.8 Å². The van der Waals surface area contributed by atoms with E-state index in [-0.39, 0.29) is 11.6 Å². The van der Waals surface area contributed by atoms with Gasteiger partial charge in [0.2, 0.25) is 5.91 Å². The van der Waals surface area contributed by atoms with Gasteiger partial charge >= 0.3 is 5.69 Å². The Bertz CT molecular complexity index is 1000. The molecule has 1 amide bonds. The first-order valence-corrected chi connectivity index (χ1v) is 7.99. The van der Waals surface area contributed by atoms with Crippen LogP contribution in [0, 0.1) is 11.3 Å². The van der Waals surface area contributed by atoms with Crippen molar-refractivity contribution in [2.45, 2.75) is 17.2 Å². The Kier molecular flexibility index (Phi) is 4.35. The highest BCUT2D eigenvalue weighted by molar-refractivity contribution is 8.00. The van der Waals surface area contributed by atoms with Gasteiger partial charge in [-0.25, -0.2) is 9.78 Å². The molecular formula is C16H13N5O2S. The highest BCUT2D eigenvalue weighted by Crippen LogP contribution is 2.23. The summed E-state index contributed by atoms with van der Waals surface area (Å²) in [6.45, 7) is 1.76. The SMILES string of the molecule is CC(Sc1cc(C#N)ccn1)C(=O)Nc1ccc2[nH]c(=O)[nH]c2c1. The molecule has 3 N–H and O–H groups in total. The molecule has 0 saturated heterocycles. The van der Waals surface area contributed by atoms with Crippen LogP contribution < -0.4 is 11.0 Å². The van der Waals surface area contributed by atoms with Crippen molar-refractivity contribution in [3.63, 3.8) is 0 Å². The number of nitrogens with zero attached hydrogens (tertiary/aromatic N) is 2. The van der Waals surface area contributed by atoms with Crippen molar-refractivity contribution in [3.8, 4) is 6.07 Å². The van der Waals surface area contributed by atoms with E-state index >= 15 is 0 Å². The molecule has 0 aliphatic heterocycles. The Labute approximate surface area is 141 Å². The van der Waals surface area contributed by atoms with Crippen molar-refractivity contribution in [3.05, 3.63) is 52.6 Å². The Morgan fingerprint density at radius 3 is 2.88 bits per heavy atom. The van der Waals surface area contributed by atoms with E-state index < -0.39 is 5.25 Å². The number of imidazole rings is 1. The lowest BCUT2D eigenvalue weighted by Gasteiger charge is -2.11. The van der Waals surface area contributed by atoms with Crippen molar-refractivity contribution in [1.29, 1.82) is 5.26 Å². The van der Waals surface area contributed by atoms with E-state index in [1.54, 1.807) is 43.5 Å². The number of nitriles is 1. The molecule has 1 aromatic carbocycles. The smallest absolute Gasteiger partial charge is 0.323 e. The second-order valence-corrected chi connectivity index (χ2v) is 6.44. The van der Waals surface area contributed by atoms with Crippen molar-refractivity contribution < 1.29 is 4.79 Å². The standard InChI is InChI=1S/C16H13N5O2S/c1-9(24-14-6-10(8-17)4-5-18-14)15(22)19-11-2-3-12-13(7-11)21-16(23)20-12/h2-7,9H,1H3,(H,19,22)(H2,20,21,23). The molecule has 3 aromatic rings. The number of fused-ring (bicyclic) bond motifs is 1. The Hall–Kier alpha value is -3.05. The number of benzene rings is 1. The normalized spacial score (nSPS) is 11.8. The summed E-state index contributed by atoms with van der Waals surface area (Å²) in [5.41, 5.74) is 2.11. The van der Waals surface area contributed by atoms with Crippen LogP contribution in [0.4, 0.5) is 5.69 Å². The van der Waals surface area contributed by atoms with Crippen LogP contribution in [0.2, 0.25) is 0 Å². The molecule has 0 saturated carbocycles. The van der Waals surface area contributed by atoms with Gasteiger partial charge in [0.25, 0.3) is 0 Å². The molecule has 0 radical (unpaired) electrons. The minimum atomic E-state index is -0.396. The number of aromatic amines is 2. The van der Waals surface area contributed by atoms with Crippen LogP contribution in [0.15, 0.2) is 46.3 Å². The number of pyridine rings is 1. The van der Waals surface area contributed by atoms with Gasteiger partial charge < -0.3 is 15.3 Å². The maximum Gasteiger partial charge on any atom is 0.323 e. The fraction of sp³-hybridized carbons (Fsp3) is 0.125. The molecule has 0 bridgehead atoms. The maximum atomic E-state index is 12.3. The topological polar surface area (TPSA) is 114 Å². The molecule has 7 nitrogen and oxygen atoms in total. The maximum absolute atomic E-state index is 12.3. The molecule has 3 rings (SSSR count). The summed E-state index contributed by atoms with van der Waals surface area (Å²) < 4.78 is 0. The number of nitrogens with one attached hydrogen (secondary N) is 3. The van der Waals surface area contributed by atoms with Gasteiger partial charge in [0.15, 0.2) is 0 Å². The number of amides is 1. The summed E-state index contributed by atoms with van der Waals surface area (Å²) in [5, 5.41) is 11.9. The lowest BCUT2D eigenvalue weighted by molar-refractivity contribution is -0.115. The number of aromatic nitrogens is 3. The number of thioether (sulfide) groups is 1. The first-order chi connectivity index (χ1) is 11.5. The molecule has 24 heavy (non-hydrogen) atoms. The first kappa shape index (κ1) is 15.8. The number of carbonyl (C=O) groups excluding carboxylic acids is 1. The summed E-state index contributed by atoms with van der Waals surface area (Å²) >= 11 is 1.27. The van der Waals surface area contributed by atoms with E-state index in [2.05, 4.69) is 20.3 Å². The molecular weight excluding hydrogens is 326 g/mol. The summed E-state index contributed by atoms with van der Waals surface area (Å²) in [6.07, 6.45) is 1.54. The van der Waals surface area contributed by atoms with Gasteiger partial charge in [-0.3, -0.25) is 4.79 Å². The second kappa shape index (κ2) is 6.60. The van der Waals surface area contributed by atoms with E-state index in [0.29, 0.717) is 27.3 Å². The minimum absolute atomic E-state index is 0.193. The summed E-state index contributed by atoms with van der Waals surface area (Å²) in [4.78, 5) is 33.0. The zero-order valence-corrected chi connectivity index (χ0v) is 13.5. The Morgan fingerprint density at radius 2 is 2.08 bits per heavy atom. The van der Waals surface area contributed by atoms with Crippen LogP contribution in [0.25, 0.3) is 11.0 Å². The van der Waals surface area contributed by atoms with Crippen LogP contribution in [0.1, 0.15) is 12.5 Å². The van der Waals surface area contributed by atoms with Crippen LogP contribution in [-0.2, 0) is 4.79 Å². The van der Waals surface area contributed by atoms with Crippen molar-refractivity contribution in [2.24, 2.45) is 0 Å². The monoisotopic (exact) mass is 339 g/mol. The highest BCUT2D eigenvalue weighted by atomic mass is 32.2. The van der Waals surface area contributed by atoms with Crippen molar-refractivity contribution >= 4 is 34.4 Å². The van der Waals surface area contributed by atoms with Crippen molar-refractivity contribution in [1.82, 2.24) is 15.0 Å². The number of H-pyrrole nitrogens is 2. The molecule has 0 spiro atoms. The number of hydrogen-bond acceptors (Lipinski definition) is 5. The fourth-order valence-corrected chi connectivity index (χ4v) is 2.98. The number of rotatable bonds is 4. The first-order valence-electron chi connectivity index (χ1n) is 7.11. The fourth-order valence-electron chi connectivity index (χ4n) is 2.13. The third kappa shape index (κ3) is 3.47. The van der Waals surface area contributed by atoms with E-state index in [9.17, 15) is 9.59 Å². The zero-order chi connectivity index (χ0) is 17.1. The van der Waals surface area contributed by atoms with Gasteiger partial charge in [-0.2, -0.15) is 5.26 Å². The molecule has 2 aromatic heterocycles. The molecule has 1 unspecified atom stereocenters. The van der Waals surface area contributed by atoms with E-state index in [1.807, 2.05) is 6.07 Å². The van der Waals surface area contributed by atoms with Crippen LogP contribution >= 0.6 is 11.8 Å². The summed E-state index contributed by atoms with van der Waals surface area (Å²) in [5.74, 6) is -0.193. The van der Waals surface area contributed by atoms with Gasteiger partial charge in [0, 0.05) is 11.9 Å². The number of carbonyl (C=O) groups is 1. The Morgan fingerprint density at radius 1 is 1.29 bits per heavy atom. The molecule has 120 valence electrons. The van der Waals surface area contributed by atoms with E-state index in [1.165, 1.54) is 11.8 Å². The van der Waals surface area contributed by atoms with Crippen LogP contribution in [-0.4, -0.2) is 26.1 Å². The molecule has 0 aliphatic rings. The quantitative estimate of drug-likeness (QED) is 0.631. The predicted octanol–water partition coefficient (Wildman–Crippen LogP) is 2.24. The zero-order valence-electron chi connectivity index (χ0n) is 12.7. The third-order valence-electron chi connectivity index (χ3n) is 3.31. The number of hydrogen-bond donors (Lipinski definition) is 3. The molecule has 8 heteroatoms. The predicted molar refractivity (Wildman–Crippen MR) is 91.8 cm³/mol. The van der Waals surface area contributed by atoms with Gasteiger partial charge in [-0.05, 0) is 37.3 Å². The number of anilines is 1. The average Bonchev–Trinajstić information content (AvgIpc) is 2.94. The summed E-state index contributed by atoms with van der Waals surface area (Å²) in [7, 11) is 0. The van der Waals surface area contributed by atoms with Crippen LogP contribution in [0.3, 0.4) is 0 Å². The van der Waals surface area contributed by atoms with Gasteiger partial charge in [0.05, 0.1) is 32.9 Å². The highest BCUT2D eigenvalue weighted by Gasteiger charge is 2.16.